The Morgan fingerprint density at radius 1 is 1.33 bits per heavy atom. The first kappa shape index (κ1) is 26.3. The number of hydrogen-bond acceptors (Lipinski definition) is 7. The maximum atomic E-state index is 13.2. The lowest BCUT2D eigenvalue weighted by Gasteiger charge is -2.27. The van der Waals surface area contributed by atoms with Crippen molar-refractivity contribution in [2.75, 3.05) is 13.2 Å². The van der Waals surface area contributed by atoms with Crippen LogP contribution in [0.5, 0.6) is 0 Å². The van der Waals surface area contributed by atoms with Gasteiger partial charge in [-0.25, -0.2) is 0 Å². The van der Waals surface area contributed by atoms with Gasteiger partial charge in [0.1, 0.15) is 12.9 Å². The number of hydrogen-bond donors (Lipinski definition) is 3. The van der Waals surface area contributed by atoms with Gasteiger partial charge in [-0.05, 0) is 24.7 Å². The third-order valence-electron chi connectivity index (χ3n) is 5.11. The fraction of sp³-hybridized carbons (Fsp3) is 0.650. The molecule has 4 N–H and O–H groups in total. The van der Waals surface area contributed by atoms with E-state index in [9.17, 15) is 32.3 Å². The lowest BCUT2D eigenvalue weighted by molar-refractivity contribution is -0.321. The van der Waals surface area contributed by atoms with Gasteiger partial charge in [-0.15, -0.1) is 13.2 Å². The Bertz CT molecular complexity index is 893. The van der Waals surface area contributed by atoms with Crippen LogP contribution in [0.15, 0.2) is 10.8 Å². The molecule has 2 rings (SSSR count). The van der Waals surface area contributed by atoms with E-state index in [1.165, 1.54) is 0 Å². The molecule has 0 spiro atoms. The Labute approximate surface area is 187 Å². The summed E-state index contributed by atoms with van der Waals surface area (Å²) >= 11 is 0. The molecule has 184 valence electrons. The molecule has 13 heteroatoms. The number of nitrogens with zero attached hydrogens (tertiary/aromatic N) is 1. The molecule has 1 aliphatic rings. The molecule has 0 aromatic carbocycles. The van der Waals surface area contributed by atoms with Gasteiger partial charge in [-0.3, -0.25) is 23.9 Å². The minimum atomic E-state index is -5.04. The first-order valence-corrected chi connectivity index (χ1v) is 10.2. The van der Waals surface area contributed by atoms with Crippen molar-refractivity contribution in [3.05, 3.63) is 17.5 Å². The van der Waals surface area contributed by atoms with E-state index in [1.54, 1.807) is 0 Å². The average Bonchev–Trinajstić information content (AvgIpc) is 3.31. The minimum Gasteiger partial charge on any atom is -0.364 e. The van der Waals surface area contributed by atoms with E-state index in [1.807, 2.05) is 20.8 Å². The number of amides is 3. The molecule has 3 atom stereocenters. The Hall–Kier alpha value is -2.96. The smallest absolute Gasteiger partial charge is 0.364 e. The lowest BCUT2D eigenvalue weighted by Crippen LogP contribution is -2.47. The van der Waals surface area contributed by atoms with Gasteiger partial charge in [0, 0.05) is 18.0 Å². The molecule has 2 heterocycles. The third kappa shape index (κ3) is 7.84. The van der Waals surface area contributed by atoms with Crippen LogP contribution < -0.4 is 16.4 Å². The Kier molecular flexibility index (Phi) is 8.22. The van der Waals surface area contributed by atoms with Gasteiger partial charge in [0.2, 0.25) is 11.8 Å². The maximum Gasteiger partial charge on any atom is 0.522 e. The van der Waals surface area contributed by atoms with Crippen molar-refractivity contribution in [2.24, 2.45) is 17.1 Å². The molecular formula is C20H27F3N4O6. The Morgan fingerprint density at radius 3 is 2.52 bits per heavy atom. The van der Waals surface area contributed by atoms with Gasteiger partial charge in [-0.2, -0.15) is 0 Å². The van der Waals surface area contributed by atoms with Crippen LogP contribution in [0, 0.1) is 11.3 Å². The number of nitrogens with two attached hydrogens (primary N) is 1. The molecule has 10 nitrogen and oxygen atoms in total. The monoisotopic (exact) mass is 476 g/mol. The van der Waals surface area contributed by atoms with Crippen LogP contribution in [0.1, 0.15) is 62.0 Å². The standard InChI is InChI=1S/C20H27F3N4O6/c1-19(2,3)7-11(12-8-33-27-15(12)16(24)29)18(31)26-13(6-10-4-5-25-17(10)30)14(28)9-32-20(21,22)23/h8,10-11,13H,4-7,9H2,1-3H3,(H2,24,29)(H,25,30)(H,26,31)/t10-,11-,13-/m0/s1. The van der Waals surface area contributed by atoms with E-state index in [2.05, 4.69) is 20.5 Å². The molecule has 1 aliphatic heterocycles. The third-order valence-corrected chi connectivity index (χ3v) is 5.11. The highest BCUT2D eigenvalue weighted by molar-refractivity contribution is 5.96. The van der Waals surface area contributed by atoms with Crippen molar-refractivity contribution in [2.45, 2.75) is 58.4 Å². The van der Waals surface area contributed by atoms with Gasteiger partial charge in [-0.1, -0.05) is 25.9 Å². The van der Waals surface area contributed by atoms with Gasteiger partial charge in [0.05, 0.1) is 12.0 Å². The molecule has 1 saturated heterocycles. The predicted octanol–water partition coefficient (Wildman–Crippen LogP) is 1.41. The number of nitrogens with one attached hydrogen (secondary N) is 2. The SMILES string of the molecule is CC(C)(C)C[C@H](C(=O)N[C@@H](C[C@@H]1CCNC1=O)C(=O)COC(F)(F)F)c1conc1C(N)=O. The molecule has 1 aromatic heterocycles. The van der Waals surface area contributed by atoms with Crippen molar-refractivity contribution in [3.63, 3.8) is 0 Å². The molecule has 1 aromatic rings. The summed E-state index contributed by atoms with van der Waals surface area (Å²) in [5, 5.41) is 8.53. The second-order valence-electron chi connectivity index (χ2n) is 9.07. The van der Waals surface area contributed by atoms with Crippen molar-refractivity contribution in [3.8, 4) is 0 Å². The van der Waals surface area contributed by atoms with E-state index in [0.717, 1.165) is 6.26 Å². The zero-order valence-corrected chi connectivity index (χ0v) is 18.5. The molecule has 0 saturated carbocycles. The predicted molar refractivity (Wildman–Crippen MR) is 107 cm³/mol. The van der Waals surface area contributed by atoms with Crippen molar-refractivity contribution in [1.82, 2.24) is 15.8 Å². The number of Topliss-reactive ketones (excluding diaryl/α,β-unsaturated/α-hetero) is 1. The van der Waals surface area contributed by atoms with Gasteiger partial charge >= 0.3 is 6.36 Å². The topological polar surface area (TPSA) is 154 Å². The summed E-state index contributed by atoms with van der Waals surface area (Å²) in [6.07, 6.45) is -3.62. The van der Waals surface area contributed by atoms with E-state index < -0.39 is 53.9 Å². The van der Waals surface area contributed by atoms with Crippen LogP contribution in [0.4, 0.5) is 13.2 Å². The second-order valence-corrected chi connectivity index (χ2v) is 9.07. The minimum absolute atomic E-state index is 0.0891. The number of ketones is 1. The molecule has 0 aliphatic carbocycles. The van der Waals surface area contributed by atoms with Crippen LogP contribution in [0.2, 0.25) is 0 Å². The van der Waals surface area contributed by atoms with Crippen LogP contribution >= 0.6 is 0 Å². The first-order valence-electron chi connectivity index (χ1n) is 10.2. The molecule has 0 bridgehead atoms. The van der Waals surface area contributed by atoms with E-state index >= 15 is 0 Å². The number of carbonyl (C=O) groups is 4. The summed E-state index contributed by atoms with van der Waals surface area (Å²) in [4.78, 5) is 49.4. The number of aromatic nitrogens is 1. The molecule has 0 unspecified atom stereocenters. The quantitative estimate of drug-likeness (QED) is 0.461. The largest absolute Gasteiger partial charge is 0.522 e. The fourth-order valence-corrected chi connectivity index (χ4v) is 3.59. The molecule has 3 amide bonds. The number of halogens is 3. The molecule has 0 radical (unpaired) electrons. The number of ether oxygens (including phenoxy) is 1. The highest BCUT2D eigenvalue weighted by Gasteiger charge is 2.38. The van der Waals surface area contributed by atoms with Gasteiger partial charge < -0.3 is 20.9 Å². The zero-order chi connectivity index (χ0) is 25.0. The summed E-state index contributed by atoms with van der Waals surface area (Å²) < 4.78 is 45.8. The maximum absolute atomic E-state index is 13.2. The summed E-state index contributed by atoms with van der Waals surface area (Å²) in [6, 6.07) is -1.42. The molecule has 1 fully saturated rings. The highest BCUT2D eigenvalue weighted by atomic mass is 19.4. The van der Waals surface area contributed by atoms with Crippen LogP contribution in [-0.4, -0.2) is 54.2 Å². The van der Waals surface area contributed by atoms with Gasteiger partial charge in [0.25, 0.3) is 5.91 Å². The molecular weight excluding hydrogens is 449 g/mol. The summed E-state index contributed by atoms with van der Waals surface area (Å²) in [7, 11) is 0. The van der Waals surface area contributed by atoms with Crippen LogP contribution in [0.25, 0.3) is 0 Å². The number of alkyl halides is 3. The number of rotatable bonds is 10. The summed E-state index contributed by atoms with van der Waals surface area (Å²) in [6.45, 7) is 4.51. The Balaban J connectivity index is 2.29. The van der Waals surface area contributed by atoms with Gasteiger partial charge in [0.15, 0.2) is 11.5 Å². The van der Waals surface area contributed by atoms with Crippen molar-refractivity contribution >= 4 is 23.5 Å². The average molecular weight is 476 g/mol. The van der Waals surface area contributed by atoms with Crippen LogP contribution in [0.3, 0.4) is 0 Å². The summed E-state index contributed by atoms with van der Waals surface area (Å²) in [5.74, 6) is -4.80. The number of carbonyl (C=O) groups excluding carboxylic acids is 4. The number of primary amides is 1. The van der Waals surface area contributed by atoms with E-state index in [4.69, 9.17) is 10.3 Å². The normalized spacial score (nSPS) is 18.5. The first-order chi connectivity index (χ1) is 15.2. The van der Waals surface area contributed by atoms with E-state index in [-0.39, 0.29) is 30.0 Å². The second kappa shape index (κ2) is 10.3. The summed E-state index contributed by atoms with van der Waals surface area (Å²) in [5.41, 5.74) is 4.68. The molecule has 33 heavy (non-hydrogen) atoms. The zero-order valence-electron chi connectivity index (χ0n) is 18.5. The van der Waals surface area contributed by atoms with Crippen molar-refractivity contribution in [1.29, 1.82) is 0 Å². The van der Waals surface area contributed by atoms with Crippen LogP contribution in [-0.2, 0) is 19.1 Å². The lowest BCUT2D eigenvalue weighted by atomic mass is 9.80. The highest BCUT2D eigenvalue weighted by Crippen LogP contribution is 2.33. The van der Waals surface area contributed by atoms with E-state index in [0.29, 0.717) is 13.0 Å². The Morgan fingerprint density at radius 2 is 2.00 bits per heavy atom. The van der Waals surface area contributed by atoms with Crippen molar-refractivity contribution < 1.29 is 41.6 Å². The fourth-order valence-electron chi connectivity index (χ4n) is 3.59.